The van der Waals surface area contributed by atoms with E-state index in [1.54, 1.807) is 33.2 Å². The molecule has 2 N–H and O–H groups in total. The Kier molecular flexibility index (Phi) is 4.31. The number of carboxylic acids is 1. The van der Waals surface area contributed by atoms with Gasteiger partial charge in [0.2, 0.25) is 5.91 Å². The fraction of sp³-hybridized carbons (Fsp3) is 0.385. The first-order chi connectivity index (χ1) is 8.32. The zero-order chi connectivity index (χ0) is 13.9. The van der Waals surface area contributed by atoms with E-state index in [0.717, 1.165) is 5.56 Å². The van der Waals surface area contributed by atoms with Gasteiger partial charge in [-0.15, -0.1) is 0 Å². The van der Waals surface area contributed by atoms with Crippen molar-refractivity contribution in [3.05, 3.63) is 29.3 Å². The minimum absolute atomic E-state index is 0.105. The van der Waals surface area contributed by atoms with Crippen LogP contribution in [0.3, 0.4) is 0 Å². The van der Waals surface area contributed by atoms with Crippen LogP contribution in [-0.4, -0.2) is 42.0 Å². The summed E-state index contributed by atoms with van der Waals surface area (Å²) in [5, 5.41) is 12.0. The SMILES string of the molecule is Cc1ccc(NC(C)C(=O)N(C)C)c(C(=O)O)c1. The van der Waals surface area contributed by atoms with Crippen molar-refractivity contribution in [2.45, 2.75) is 19.9 Å². The summed E-state index contributed by atoms with van der Waals surface area (Å²) >= 11 is 0. The number of nitrogens with zero attached hydrogens (tertiary/aromatic N) is 1. The molecule has 1 amide bonds. The van der Waals surface area contributed by atoms with Crippen molar-refractivity contribution in [1.82, 2.24) is 4.90 Å². The van der Waals surface area contributed by atoms with E-state index in [0.29, 0.717) is 5.69 Å². The Balaban J connectivity index is 2.97. The molecule has 0 aliphatic heterocycles. The predicted molar refractivity (Wildman–Crippen MR) is 69.9 cm³/mol. The largest absolute Gasteiger partial charge is 0.478 e. The maximum Gasteiger partial charge on any atom is 0.337 e. The van der Waals surface area contributed by atoms with Gasteiger partial charge in [-0.05, 0) is 26.0 Å². The van der Waals surface area contributed by atoms with Gasteiger partial charge in [0.05, 0.1) is 5.56 Å². The highest BCUT2D eigenvalue weighted by molar-refractivity contribution is 5.95. The molecule has 1 rings (SSSR count). The first-order valence-corrected chi connectivity index (χ1v) is 5.64. The van der Waals surface area contributed by atoms with Crippen LogP contribution in [0.15, 0.2) is 18.2 Å². The van der Waals surface area contributed by atoms with Crippen LogP contribution in [0.25, 0.3) is 0 Å². The van der Waals surface area contributed by atoms with Gasteiger partial charge < -0.3 is 15.3 Å². The number of amides is 1. The Labute approximate surface area is 106 Å². The topological polar surface area (TPSA) is 69.6 Å². The number of anilines is 1. The average molecular weight is 250 g/mol. The highest BCUT2D eigenvalue weighted by Crippen LogP contribution is 2.18. The van der Waals surface area contributed by atoms with Gasteiger partial charge in [-0.2, -0.15) is 0 Å². The van der Waals surface area contributed by atoms with E-state index in [9.17, 15) is 9.59 Å². The molecule has 0 saturated carbocycles. The lowest BCUT2D eigenvalue weighted by Crippen LogP contribution is -2.37. The maximum absolute atomic E-state index is 11.7. The summed E-state index contributed by atoms with van der Waals surface area (Å²) in [5.41, 5.74) is 1.49. The van der Waals surface area contributed by atoms with Gasteiger partial charge in [-0.1, -0.05) is 11.6 Å². The molecule has 1 atom stereocenters. The second-order valence-electron chi connectivity index (χ2n) is 4.45. The molecule has 0 heterocycles. The number of aromatic carboxylic acids is 1. The number of carbonyl (C=O) groups excluding carboxylic acids is 1. The molecule has 0 spiro atoms. The van der Waals surface area contributed by atoms with Gasteiger partial charge in [-0.3, -0.25) is 4.79 Å². The van der Waals surface area contributed by atoms with Crippen LogP contribution in [0.1, 0.15) is 22.8 Å². The fourth-order valence-corrected chi connectivity index (χ4v) is 1.64. The van der Waals surface area contributed by atoms with Crippen LogP contribution >= 0.6 is 0 Å². The first kappa shape index (κ1) is 14.0. The van der Waals surface area contributed by atoms with Crippen molar-refractivity contribution in [2.75, 3.05) is 19.4 Å². The predicted octanol–water partition coefficient (Wildman–Crippen LogP) is 1.58. The molecule has 0 bridgehead atoms. The van der Waals surface area contributed by atoms with E-state index >= 15 is 0 Å². The normalized spacial score (nSPS) is 11.8. The van der Waals surface area contributed by atoms with Gasteiger partial charge in [0.25, 0.3) is 0 Å². The molecule has 0 saturated heterocycles. The summed E-state index contributed by atoms with van der Waals surface area (Å²) < 4.78 is 0. The van der Waals surface area contributed by atoms with Crippen molar-refractivity contribution in [3.8, 4) is 0 Å². The van der Waals surface area contributed by atoms with Crippen molar-refractivity contribution in [2.24, 2.45) is 0 Å². The van der Waals surface area contributed by atoms with Crippen LogP contribution < -0.4 is 5.32 Å². The lowest BCUT2D eigenvalue weighted by atomic mass is 10.1. The number of nitrogens with one attached hydrogen (secondary N) is 1. The number of hydrogen-bond donors (Lipinski definition) is 2. The second kappa shape index (κ2) is 5.53. The number of benzene rings is 1. The lowest BCUT2D eigenvalue weighted by Gasteiger charge is -2.20. The zero-order valence-electron chi connectivity index (χ0n) is 11.0. The summed E-state index contributed by atoms with van der Waals surface area (Å²) in [6, 6.07) is 4.60. The molecule has 0 radical (unpaired) electrons. The maximum atomic E-state index is 11.7. The van der Waals surface area contributed by atoms with Gasteiger partial charge in [0.1, 0.15) is 6.04 Å². The Morgan fingerprint density at radius 2 is 1.94 bits per heavy atom. The smallest absolute Gasteiger partial charge is 0.337 e. The molecule has 1 unspecified atom stereocenters. The number of aryl methyl sites for hydroxylation is 1. The second-order valence-corrected chi connectivity index (χ2v) is 4.45. The third kappa shape index (κ3) is 3.23. The summed E-state index contributed by atoms with van der Waals surface area (Å²) in [5.74, 6) is -1.11. The van der Waals surface area contributed by atoms with Crippen molar-refractivity contribution >= 4 is 17.6 Å². The molecule has 1 aromatic rings. The van der Waals surface area contributed by atoms with Crippen LogP contribution in [0.2, 0.25) is 0 Å². The highest BCUT2D eigenvalue weighted by atomic mass is 16.4. The van der Waals surface area contributed by atoms with E-state index in [4.69, 9.17) is 5.11 Å². The van der Waals surface area contributed by atoms with E-state index in [2.05, 4.69) is 5.32 Å². The standard InChI is InChI=1S/C13H18N2O3/c1-8-5-6-11(10(7-8)13(17)18)14-9(2)12(16)15(3)4/h5-7,9,14H,1-4H3,(H,17,18). The molecule has 0 aliphatic rings. The molecule has 18 heavy (non-hydrogen) atoms. The third-order valence-electron chi connectivity index (χ3n) is 2.59. The van der Waals surface area contributed by atoms with Crippen LogP contribution in [0.4, 0.5) is 5.69 Å². The lowest BCUT2D eigenvalue weighted by molar-refractivity contribution is -0.129. The summed E-state index contributed by atoms with van der Waals surface area (Å²) in [6.07, 6.45) is 0. The van der Waals surface area contributed by atoms with E-state index in [1.807, 2.05) is 13.0 Å². The van der Waals surface area contributed by atoms with Crippen molar-refractivity contribution in [3.63, 3.8) is 0 Å². The Morgan fingerprint density at radius 3 is 2.44 bits per heavy atom. The third-order valence-corrected chi connectivity index (χ3v) is 2.59. The van der Waals surface area contributed by atoms with E-state index < -0.39 is 12.0 Å². The Hall–Kier alpha value is -2.04. The molecule has 1 aromatic carbocycles. The van der Waals surface area contributed by atoms with Gasteiger partial charge in [0.15, 0.2) is 0 Å². The number of carboxylic acid groups (broad SMARTS) is 1. The average Bonchev–Trinajstić information content (AvgIpc) is 2.29. The van der Waals surface area contributed by atoms with Crippen LogP contribution in [0, 0.1) is 6.92 Å². The molecule has 0 aliphatic carbocycles. The first-order valence-electron chi connectivity index (χ1n) is 5.64. The fourth-order valence-electron chi connectivity index (χ4n) is 1.64. The zero-order valence-corrected chi connectivity index (χ0v) is 11.0. The van der Waals surface area contributed by atoms with Gasteiger partial charge in [0, 0.05) is 19.8 Å². The quantitative estimate of drug-likeness (QED) is 0.851. The number of likely N-dealkylation sites (N-methyl/N-ethyl adjacent to an activating group) is 1. The van der Waals surface area contributed by atoms with Crippen LogP contribution in [-0.2, 0) is 4.79 Å². The van der Waals surface area contributed by atoms with Crippen molar-refractivity contribution < 1.29 is 14.7 Å². The van der Waals surface area contributed by atoms with Crippen LogP contribution in [0.5, 0.6) is 0 Å². The Morgan fingerprint density at radius 1 is 1.33 bits per heavy atom. The minimum Gasteiger partial charge on any atom is -0.478 e. The van der Waals surface area contributed by atoms with Crippen molar-refractivity contribution in [1.29, 1.82) is 0 Å². The van der Waals surface area contributed by atoms with E-state index in [1.165, 1.54) is 4.90 Å². The molecule has 98 valence electrons. The minimum atomic E-state index is -1.01. The highest BCUT2D eigenvalue weighted by Gasteiger charge is 2.17. The molecule has 5 nitrogen and oxygen atoms in total. The number of hydrogen-bond acceptors (Lipinski definition) is 3. The molecule has 5 heteroatoms. The Bertz CT molecular complexity index is 469. The number of carbonyl (C=O) groups is 2. The summed E-state index contributed by atoms with van der Waals surface area (Å²) in [4.78, 5) is 24.3. The monoisotopic (exact) mass is 250 g/mol. The molecular formula is C13H18N2O3. The molecule has 0 aromatic heterocycles. The molecule has 0 fully saturated rings. The summed E-state index contributed by atoms with van der Waals surface area (Å²) in [7, 11) is 3.32. The van der Waals surface area contributed by atoms with Gasteiger partial charge in [-0.25, -0.2) is 4.79 Å². The molecular weight excluding hydrogens is 232 g/mol. The van der Waals surface area contributed by atoms with Gasteiger partial charge >= 0.3 is 5.97 Å². The summed E-state index contributed by atoms with van der Waals surface area (Å²) in [6.45, 7) is 3.53. The number of rotatable bonds is 4. The van der Waals surface area contributed by atoms with E-state index in [-0.39, 0.29) is 11.5 Å².